The fourth-order valence-corrected chi connectivity index (χ4v) is 2.06. The number of methoxy groups -OCH3 is 1. The van der Waals surface area contributed by atoms with Crippen molar-refractivity contribution in [1.82, 2.24) is 14.4 Å². The van der Waals surface area contributed by atoms with Gasteiger partial charge in [0.1, 0.15) is 0 Å². The lowest BCUT2D eigenvalue weighted by Gasteiger charge is -2.04. The lowest BCUT2D eigenvalue weighted by Crippen LogP contribution is -1.97. The van der Waals surface area contributed by atoms with Gasteiger partial charge in [-0.1, -0.05) is 12.1 Å². The molecule has 0 aliphatic rings. The Morgan fingerprint density at radius 3 is 2.95 bits per heavy atom. The van der Waals surface area contributed by atoms with Crippen LogP contribution in [-0.4, -0.2) is 32.6 Å². The highest BCUT2D eigenvalue weighted by molar-refractivity contribution is 5.89. The van der Waals surface area contributed by atoms with Crippen molar-refractivity contribution >= 4 is 11.6 Å². The number of carboxylic acid groups (broad SMARTS) is 1. The molecular formula is C14H11N3O3. The molecule has 3 rings (SSSR count). The van der Waals surface area contributed by atoms with Gasteiger partial charge < -0.3 is 9.84 Å². The number of hydrogen-bond donors (Lipinski definition) is 1. The van der Waals surface area contributed by atoms with Crippen molar-refractivity contribution in [1.29, 1.82) is 0 Å². The fraction of sp³-hybridized carbons (Fsp3) is 0.0714. The van der Waals surface area contributed by atoms with Gasteiger partial charge in [0.2, 0.25) is 5.65 Å². The molecule has 0 unspecified atom stereocenters. The highest BCUT2D eigenvalue weighted by atomic mass is 16.5. The number of rotatable bonds is 3. The average molecular weight is 269 g/mol. The Kier molecular flexibility index (Phi) is 2.83. The predicted molar refractivity (Wildman–Crippen MR) is 71.9 cm³/mol. The van der Waals surface area contributed by atoms with E-state index in [0.717, 1.165) is 11.3 Å². The maximum Gasteiger partial charge on any atom is 0.335 e. The summed E-state index contributed by atoms with van der Waals surface area (Å²) in [6, 6.07) is 6.70. The first-order valence-electron chi connectivity index (χ1n) is 5.90. The van der Waals surface area contributed by atoms with Gasteiger partial charge in [0.15, 0.2) is 0 Å². The Morgan fingerprint density at radius 1 is 1.35 bits per heavy atom. The normalized spacial score (nSPS) is 10.7. The second-order valence-electron chi connectivity index (χ2n) is 4.16. The fourth-order valence-electron chi connectivity index (χ4n) is 2.06. The van der Waals surface area contributed by atoms with Crippen LogP contribution in [0.25, 0.3) is 16.9 Å². The largest absolute Gasteiger partial charge is 0.478 e. The third-order valence-corrected chi connectivity index (χ3v) is 2.99. The smallest absolute Gasteiger partial charge is 0.335 e. The summed E-state index contributed by atoms with van der Waals surface area (Å²) in [6.45, 7) is 0. The van der Waals surface area contributed by atoms with Gasteiger partial charge in [-0.05, 0) is 12.1 Å². The van der Waals surface area contributed by atoms with Gasteiger partial charge in [0, 0.05) is 18.0 Å². The monoisotopic (exact) mass is 269 g/mol. The number of aromatic nitrogens is 3. The van der Waals surface area contributed by atoms with Crippen LogP contribution in [0.1, 0.15) is 10.4 Å². The van der Waals surface area contributed by atoms with Gasteiger partial charge in [-0.15, -0.1) is 0 Å². The summed E-state index contributed by atoms with van der Waals surface area (Å²) in [5.74, 6) is -0.534. The van der Waals surface area contributed by atoms with E-state index in [4.69, 9.17) is 9.84 Å². The van der Waals surface area contributed by atoms with E-state index >= 15 is 0 Å². The first kappa shape index (κ1) is 12.2. The Bertz CT molecular complexity index is 795. The molecule has 2 aromatic heterocycles. The maximum absolute atomic E-state index is 11.0. The van der Waals surface area contributed by atoms with Gasteiger partial charge in [0.25, 0.3) is 5.88 Å². The third-order valence-electron chi connectivity index (χ3n) is 2.99. The van der Waals surface area contributed by atoms with Crippen molar-refractivity contribution < 1.29 is 14.6 Å². The van der Waals surface area contributed by atoms with Gasteiger partial charge >= 0.3 is 5.97 Å². The topological polar surface area (TPSA) is 76.7 Å². The van der Waals surface area contributed by atoms with E-state index in [0.29, 0.717) is 11.5 Å². The molecule has 0 atom stereocenters. The molecule has 20 heavy (non-hydrogen) atoms. The number of ether oxygens (including phenoxy) is 1. The van der Waals surface area contributed by atoms with Crippen molar-refractivity contribution in [3.8, 4) is 17.1 Å². The van der Waals surface area contributed by atoms with Crippen molar-refractivity contribution in [3.05, 3.63) is 48.4 Å². The lowest BCUT2D eigenvalue weighted by molar-refractivity contribution is 0.0697. The van der Waals surface area contributed by atoms with Gasteiger partial charge in [-0.25, -0.2) is 14.8 Å². The van der Waals surface area contributed by atoms with E-state index in [1.165, 1.54) is 7.11 Å². The second-order valence-corrected chi connectivity index (χ2v) is 4.16. The minimum Gasteiger partial charge on any atom is -0.478 e. The number of carboxylic acids is 1. The van der Waals surface area contributed by atoms with E-state index in [9.17, 15) is 4.79 Å². The number of benzene rings is 1. The van der Waals surface area contributed by atoms with E-state index in [-0.39, 0.29) is 5.56 Å². The molecule has 0 spiro atoms. The molecular weight excluding hydrogens is 258 g/mol. The van der Waals surface area contributed by atoms with Crippen LogP contribution in [0.5, 0.6) is 5.88 Å². The number of imidazole rings is 1. The van der Waals surface area contributed by atoms with Crippen LogP contribution in [0.15, 0.2) is 42.9 Å². The number of hydrogen-bond acceptors (Lipinski definition) is 4. The van der Waals surface area contributed by atoms with Crippen LogP contribution < -0.4 is 4.74 Å². The van der Waals surface area contributed by atoms with Crippen molar-refractivity contribution in [2.24, 2.45) is 0 Å². The number of fused-ring (bicyclic) bond motifs is 1. The molecule has 0 amide bonds. The van der Waals surface area contributed by atoms with Crippen LogP contribution in [0, 0.1) is 0 Å². The van der Waals surface area contributed by atoms with E-state index in [2.05, 4.69) is 9.97 Å². The lowest BCUT2D eigenvalue weighted by atomic mass is 10.1. The molecule has 0 saturated heterocycles. The zero-order chi connectivity index (χ0) is 14.1. The van der Waals surface area contributed by atoms with Crippen molar-refractivity contribution in [2.75, 3.05) is 7.11 Å². The molecule has 1 aromatic carbocycles. The third kappa shape index (κ3) is 1.87. The number of nitrogens with zero attached hydrogens (tertiary/aromatic N) is 3. The standard InChI is InChI=1S/C14H11N3O3/c1-20-13-12-16-8-11(17(12)6-5-15-13)9-3-2-4-10(7-9)14(18)19/h2-8H,1H3,(H,18,19). The van der Waals surface area contributed by atoms with Gasteiger partial charge in [-0.3, -0.25) is 4.40 Å². The zero-order valence-electron chi connectivity index (χ0n) is 10.6. The molecule has 0 saturated carbocycles. The molecule has 1 N–H and O–H groups in total. The molecule has 3 aromatic rings. The summed E-state index contributed by atoms with van der Waals surface area (Å²) < 4.78 is 6.96. The Balaban J connectivity index is 2.20. The predicted octanol–water partition coefficient (Wildman–Crippen LogP) is 2.10. The summed E-state index contributed by atoms with van der Waals surface area (Å²) in [6.07, 6.45) is 5.03. The second kappa shape index (κ2) is 4.65. The summed E-state index contributed by atoms with van der Waals surface area (Å²) >= 11 is 0. The SMILES string of the molecule is COc1nccn2c(-c3cccc(C(=O)O)c3)cnc12. The van der Waals surface area contributed by atoms with E-state index in [1.54, 1.807) is 36.8 Å². The first-order valence-corrected chi connectivity index (χ1v) is 5.90. The molecule has 0 fully saturated rings. The van der Waals surface area contributed by atoms with E-state index < -0.39 is 5.97 Å². The van der Waals surface area contributed by atoms with Crippen molar-refractivity contribution in [3.63, 3.8) is 0 Å². The van der Waals surface area contributed by atoms with Crippen LogP contribution in [0.3, 0.4) is 0 Å². The van der Waals surface area contributed by atoms with Crippen LogP contribution in [0.4, 0.5) is 0 Å². The Hall–Kier alpha value is -2.89. The maximum atomic E-state index is 11.0. The van der Waals surface area contributed by atoms with Crippen LogP contribution in [0.2, 0.25) is 0 Å². The highest BCUT2D eigenvalue weighted by Gasteiger charge is 2.12. The molecule has 6 heteroatoms. The minimum atomic E-state index is -0.958. The van der Waals surface area contributed by atoms with Crippen LogP contribution >= 0.6 is 0 Å². The summed E-state index contributed by atoms with van der Waals surface area (Å²) in [5.41, 5.74) is 2.37. The van der Waals surface area contributed by atoms with E-state index in [1.807, 2.05) is 10.5 Å². The zero-order valence-corrected chi connectivity index (χ0v) is 10.6. The molecule has 2 heterocycles. The van der Waals surface area contributed by atoms with Crippen molar-refractivity contribution in [2.45, 2.75) is 0 Å². The van der Waals surface area contributed by atoms with Gasteiger partial charge in [-0.2, -0.15) is 0 Å². The molecule has 0 aliphatic carbocycles. The first-order chi connectivity index (χ1) is 9.70. The summed E-state index contributed by atoms with van der Waals surface area (Å²) in [7, 11) is 1.53. The number of carbonyl (C=O) groups is 1. The van der Waals surface area contributed by atoms with Crippen LogP contribution in [-0.2, 0) is 0 Å². The molecule has 0 bridgehead atoms. The number of aromatic carboxylic acids is 1. The summed E-state index contributed by atoms with van der Waals surface area (Å²) in [5, 5.41) is 9.05. The average Bonchev–Trinajstić information content (AvgIpc) is 2.91. The Morgan fingerprint density at radius 2 is 2.20 bits per heavy atom. The molecule has 6 nitrogen and oxygen atoms in total. The highest BCUT2D eigenvalue weighted by Crippen LogP contribution is 2.24. The quantitative estimate of drug-likeness (QED) is 0.788. The minimum absolute atomic E-state index is 0.235. The van der Waals surface area contributed by atoms with Gasteiger partial charge in [0.05, 0.1) is 24.6 Å². The molecule has 0 radical (unpaired) electrons. The molecule has 100 valence electrons. The summed E-state index contributed by atoms with van der Waals surface area (Å²) in [4.78, 5) is 19.4. The Labute approximate surface area is 114 Å². The molecule has 0 aliphatic heterocycles.